The molecule has 0 N–H and O–H groups in total. The molecule has 0 bridgehead atoms. The van der Waals surface area contributed by atoms with Crippen molar-refractivity contribution in [3.05, 3.63) is 11.1 Å². The number of esters is 2. The van der Waals surface area contributed by atoms with Crippen molar-refractivity contribution in [3.63, 3.8) is 0 Å². The molecule has 37 heavy (non-hydrogen) atoms. The van der Waals surface area contributed by atoms with E-state index in [4.69, 9.17) is 9.47 Å². The van der Waals surface area contributed by atoms with Crippen LogP contribution in [0.25, 0.3) is 0 Å². The predicted molar refractivity (Wildman–Crippen MR) is 158 cm³/mol. The highest BCUT2D eigenvalue weighted by atomic mass is 16.5. The number of hydrogen-bond donors (Lipinski definition) is 0. The van der Waals surface area contributed by atoms with Crippen LogP contribution in [-0.4, -0.2) is 25.2 Å². The molecule has 0 unspecified atom stereocenters. The Labute approximate surface area is 230 Å². The minimum Gasteiger partial charge on any atom is -0.462 e. The molecule has 0 aliphatic heterocycles. The maximum absolute atomic E-state index is 13.2. The highest BCUT2D eigenvalue weighted by molar-refractivity contribution is 6.00. The first kappa shape index (κ1) is 35.7. The molecule has 0 spiro atoms. The van der Waals surface area contributed by atoms with E-state index in [1.54, 1.807) is 0 Å². The van der Waals surface area contributed by atoms with Gasteiger partial charge in [-0.3, -0.25) is 0 Å². The minimum atomic E-state index is -0.287. The van der Waals surface area contributed by atoms with Gasteiger partial charge in [0.05, 0.1) is 13.2 Å². The van der Waals surface area contributed by atoms with Crippen LogP contribution in [-0.2, 0) is 19.1 Å². The van der Waals surface area contributed by atoms with Gasteiger partial charge in [-0.2, -0.15) is 0 Å². The molecule has 4 nitrogen and oxygen atoms in total. The molecule has 0 saturated carbocycles. The maximum Gasteiger partial charge on any atom is 0.334 e. The van der Waals surface area contributed by atoms with Crippen LogP contribution in [0.15, 0.2) is 11.1 Å². The molecule has 0 aliphatic carbocycles. The van der Waals surface area contributed by atoms with Gasteiger partial charge in [-0.15, -0.1) is 0 Å². The van der Waals surface area contributed by atoms with Crippen molar-refractivity contribution in [2.75, 3.05) is 13.2 Å². The molecule has 0 rings (SSSR count). The van der Waals surface area contributed by atoms with E-state index < -0.39 is 0 Å². The summed E-state index contributed by atoms with van der Waals surface area (Å²) in [6, 6.07) is 0. The summed E-state index contributed by atoms with van der Waals surface area (Å²) in [5.74, 6) is -0.573. The average molecular weight is 523 g/mol. The number of rotatable bonds is 27. The van der Waals surface area contributed by atoms with Gasteiger partial charge in [0.2, 0.25) is 0 Å². The van der Waals surface area contributed by atoms with E-state index in [-0.39, 0.29) is 11.9 Å². The maximum atomic E-state index is 13.2. The van der Waals surface area contributed by atoms with Crippen molar-refractivity contribution in [3.8, 4) is 0 Å². The molecule has 0 aromatic heterocycles. The molecule has 0 aliphatic rings. The second kappa shape index (κ2) is 27.7. The molecule has 218 valence electrons. The van der Waals surface area contributed by atoms with E-state index in [0.717, 1.165) is 64.2 Å². The van der Waals surface area contributed by atoms with Crippen LogP contribution in [0.3, 0.4) is 0 Å². The molecular weight excluding hydrogens is 460 g/mol. The van der Waals surface area contributed by atoms with Crippen molar-refractivity contribution >= 4 is 11.9 Å². The first-order chi connectivity index (χ1) is 18.1. The average Bonchev–Trinajstić information content (AvgIpc) is 2.90. The first-order valence-electron chi connectivity index (χ1n) is 16.2. The summed E-state index contributed by atoms with van der Waals surface area (Å²) < 4.78 is 11.4. The van der Waals surface area contributed by atoms with Gasteiger partial charge in [-0.25, -0.2) is 9.59 Å². The number of ether oxygens (including phenoxy) is 2. The quantitative estimate of drug-likeness (QED) is 0.0611. The third-order valence-corrected chi connectivity index (χ3v) is 7.13. The normalized spacial score (nSPS) is 11.9. The Morgan fingerprint density at radius 1 is 0.378 bits per heavy atom. The van der Waals surface area contributed by atoms with Gasteiger partial charge in [0, 0.05) is 11.1 Å². The Balaban J connectivity index is 5.20. The highest BCUT2D eigenvalue weighted by Crippen LogP contribution is 2.23. The highest BCUT2D eigenvalue weighted by Gasteiger charge is 2.23. The molecule has 0 saturated heterocycles. The SMILES string of the molecule is CCCCCCCCOC(=O)C(CCCCCC)=C(CCCCCCC)C(=O)OCCCCCCCC. The summed E-state index contributed by atoms with van der Waals surface area (Å²) in [6.07, 6.45) is 25.0. The monoisotopic (exact) mass is 522 g/mol. The Kier molecular flexibility index (Phi) is 26.7. The van der Waals surface area contributed by atoms with Crippen LogP contribution in [0.5, 0.6) is 0 Å². The Bertz CT molecular complexity index is 567. The smallest absolute Gasteiger partial charge is 0.334 e. The summed E-state index contributed by atoms with van der Waals surface area (Å²) in [6.45, 7) is 9.72. The third-order valence-electron chi connectivity index (χ3n) is 7.13. The van der Waals surface area contributed by atoms with Gasteiger partial charge in [0.25, 0.3) is 0 Å². The van der Waals surface area contributed by atoms with Crippen LogP contribution in [0.1, 0.15) is 175 Å². The summed E-state index contributed by atoms with van der Waals surface area (Å²) in [5.41, 5.74) is 1.18. The molecule has 0 aromatic rings. The minimum absolute atomic E-state index is 0.286. The lowest BCUT2D eigenvalue weighted by molar-refractivity contribution is -0.142. The van der Waals surface area contributed by atoms with E-state index in [0.29, 0.717) is 37.2 Å². The summed E-state index contributed by atoms with van der Waals surface area (Å²) >= 11 is 0. The molecule has 0 atom stereocenters. The summed E-state index contributed by atoms with van der Waals surface area (Å²) in [4.78, 5) is 26.4. The van der Waals surface area contributed by atoms with E-state index in [1.807, 2.05) is 0 Å². The molecule has 0 radical (unpaired) electrons. The summed E-state index contributed by atoms with van der Waals surface area (Å²) in [7, 11) is 0. The van der Waals surface area contributed by atoms with Crippen LogP contribution in [0.2, 0.25) is 0 Å². The molecule has 0 aromatic carbocycles. The fraction of sp³-hybridized carbons (Fsp3) is 0.879. The van der Waals surface area contributed by atoms with E-state index in [1.165, 1.54) is 70.6 Å². The fourth-order valence-electron chi connectivity index (χ4n) is 4.65. The summed E-state index contributed by atoms with van der Waals surface area (Å²) in [5, 5.41) is 0. The van der Waals surface area contributed by atoms with Gasteiger partial charge in [-0.05, 0) is 38.5 Å². The van der Waals surface area contributed by atoms with Crippen molar-refractivity contribution in [2.24, 2.45) is 0 Å². The lowest BCUT2D eigenvalue weighted by Crippen LogP contribution is -2.18. The Morgan fingerprint density at radius 3 is 1.00 bits per heavy atom. The fourth-order valence-corrected chi connectivity index (χ4v) is 4.65. The molecule has 4 heteroatoms. The standard InChI is InChI=1S/C33H62O4/c1-5-9-13-17-20-24-28-36-32(34)30(26-22-16-12-8-4)31(27-23-19-15-11-7-3)33(35)37-29-25-21-18-14-10-6-2/h5-29H2,1-4H3. The molecule has 0 heterocycles. The first-order valence-corrected chi connectivity index (χ1v) is 16.2. The molecule has 0 amide bonds. The zero-order chi connectivity index (χ0) is 27.4. The third kappa shape index (κ3) is 21.3. The van der Waals surface area contributed by atoms with Crippen molar-refractivity contribution < 1.29 is 19.1 Å². The van der Waals surface area contributed by atoms with E-state index in [9.17, 15) is 9.59 Å². The number of carbonyl (C=O) groups is 2. The number of hydrogen-bond acceptors (Lipinski definition) is 4. The van der Waals surface area contributed by atoms with Crippen LogP contribution < -0.4 is 0 Å². The van der Waals surface area contributed by atoms with E-state index >= 15 is 0 Å². The second-order valence-corrected chi connectivity index (χ2v) is 10.7. The lowest BCUT2D eigenvalue weighted by Gasteiger charge is -2.15. The van der Waals surface area contributed by atoms with Gasteiger partial charge >= 0.3 is 11.9 Å². The van der Waals surface area contributed by atoms with Crippen LogP contribution in [0, 0.1) is 0 Å². The zero-order valence-corrected chi connectivity index (χ0v) is 25.3. The number of unbranched alkanes of at least 4 members (excludes halogenated alkanes) is 17. The molecular formula is C33H62O4. The second-order valence-electron chi connectivity index (χ2n) is 10.7. The van der Waals surface area contributed by atoms with Crippen molar-refractivity contribution in [1.29, 1.82) is 0 Å². The molecule has 0 fully saturated rings. The van der Waals surface area contributed by atoms with Crippen LogP contribution in [0.4, 0.5) is 0 Å². The van der Waals surface area contributed by atoms with Gasteiger partial charge in [0.1, 0.15) is 0 Å². The van der Waals surface area contributed by atoms with Crippen molar-refractivity contribution in [2.45, 2.75) is 175 Å². The topological polar surface area (TPSA) is 52.6 Å². The van der Waals surface area contributed by atoms with Gasteiger partial charge in [0.15, 0.2) is 0 Å². The lowest BCUT2D eigenvalue weighted by atomic mass is 9.96. The Hall–Kier alpha value is -1.32. The zero-order valence-electron chi connectivity index (χ0n) is 25.3. The number of carbonyl (C=O) groups excluding carboxylic acids is 2. The van der Waals surface area contributed by atoms with Gasteiger partial charge in [-0.1, -0.05) is 137 Å². The Morgan fingerprint density at radius 2 is 0.649 bits per heavy atom. The van der Waals surface area contributed by atoms with Crippen molar-refractivity contribution in [1.82, 2.24) is 0 Å². The van der Waals surface area contributed by atoms with Gasteiger partial charge < -0.3 is 9.47 Å². The largest absolute Gasteiger partial charge is 0.462 e. The predicted octanol–water partition coefficient (Wildman–Crippen LogP) is 10.4. The van der Waals surface area contributed by atoms with Crippen LogP contribution >= 0.6 is 0 Å². The van der Waals surface area contributed by atoms with E-state index in [2.05, 4.69) is 27.7 Å².